The second-order valence-corrected chi connectivity index (χ2v) is 5.44. The van der Waals surface area contributed by atoms with E-state index in [4.69, 9.17) is 0 Å². The van der Waals surface area contributed by atoms with Crippen LogP contribution in [0.15, 0.2) is 18.3 Å². The quantitative estimate of drug-likeness (QED) is 0.503. The highest BCUT2D eigenvalue weighted by molar-refractivity contribution is 7.15. The second-order valence-electron chi connectivity index (χ2n) is 4.32. The van der Waals surface area contributed by atoms with Crippen LogP contribution in [0.3, 0.4) is 0 Å². The molecule has 112 valence electrons. The molecule has 21 heavy (non-hydrogen) atoms. The first-order valence-electron chi connectivity index (χ1n) is 6.32. The molecule has 0 fully saturated rings. The van der Waals surface area contributed by atoms with Gasteiger partial charge < -0.3 is 5.32 Å². The number of hydrogen-bond donors (Lipinski definition) is 1. The van der Waals surface area contributed by atoms with Gasteiger partial charge in [0.1, 0.15) is 10.8 Å². The summed E-state index contributed by atoms with van der Waals surface area (Å²) in [4.78, 5) is 14.6. The number of halogens is 2. The largest absolute Gasteiger partial charge is 0.312 e. The van der Waals surface area contributed by atoms with Gasteiger partial charge in [-0.2, -0.15) is 4.39 Å². The molecule has 0 unspecified atom stereocenters. The smallest absolute Gasteiger partial charge is 0.305 e. The molecular weight excluding hydrogens is 300 g/mol. The minimum Gasteiger partial charge on any atom is -0.312 e. The summed E-state index contributed by atoms with van der Waals surface area (Å²) >= 11 is 1.11. The Morgan fingerprint density at radius 3 is 2.86 bits per heavy atom. The minimum atomic E-state index is -1.19. The number of hydrogen-bond acceptors (Lipinski definition) is 5. The summed E-state index contributed by atoms with van der Waals surface area (Å²) < 4.78 is 27.8. The second kappa shape index (κ2) is 6.68. The van der Waals surface area contributed by atoms with Gasteiger partial charge in [0.05, 0.1) is 10.5 Å². The van der Waals surface area contributed by atoms with Crippen LogP contribution in [0.2, 0.25) is 0 Å². The summed E-state index contributed by atoms with van der Waals surface area (Å²) in [6.07, 6.45) is 2.49. The predicted molar refractivity (Wildman–Crippen MR) is 76.1 cm³/mol. The number of thiazole rings is 1. The van der Waals surface area contributed by atoms with E-state index in [9.17, 15) is 18.9 Å². The maximum absolute atomic E-state index is 14.1. The van der Waals surface area contributed by atoms with E-state index in [0.29, 0.717) is 6.54 Å². The molecule has 0 atom stereocenters. The highest BCUT2D eigenvalue weighted by Gasteiger charge is 2.24. The van der Waals surface area contributed by atoms with Crippen molar-refractivity contribution in [3.63, 3.8) is 0 Å². The SMILES string of the molecule is CCCNCc1cnc(-c2c(F)ccc([N+](=O)[O-])c2F)s1. The molecule has 0 saturated heterocycles. The number of aromatic nitrogens is 1. The third kappa shape index (κ3) is 3.40. The van der Waals surface area contributed by atoms with Gasteiger partial charge in [-0.1, -0.05) is 6.92 Å². The Hall–Kier alpha value is -1.93. The van der Waals surface area contributed by atoms with E-state index in [-0.39, 0.29) is 5.01 Å². The minimum absolute atomic E-state index is 0.0991. The Morgan fingerprint density at radius 1 is 1.43 bits per heavy atom. The molecule has 2 aromatic rings. The van der Waals surface area contributed by atoms with E-state index >= 15 is 0 Å². The van der Waals surface area contributed by atoms with Crippen LogP contribution in [0.25, 0.3) is 10.6 Å². The Bertz CT molecular complexity index is 661. The van der Waals surface area contributed by atoms with Crippen molar-refractivity contribution in [2.75, 3.05) is 6.54 Å². The van der Waals surface area contributed by atoms with Gasteiger partial charge >= 0.3 is 5.69 Å². The van der Waals surface area contributed by atoms with Gasteiger partial charge in [0.25, 0.3) is 0 Å². The standard InChI is InChI=1S/C13H13F2N3O2S/c1-2-5-16-6-8-7-17-13(21-8)11-9(14)3-4-10(12(11)15)18(19)20/h3-4,7,16H,2,5-6H2,1H3. The fourth-order valence-electron chi connectivity index (χ4n) is 1.77. The summed E-state index contributed by atoms with van der Waals surface area (Å²) in [6, 6.07) is 1.69. The van der Waals surface area contributed by atoms with E-state index in [2.05, 4.69) is 10.3 Å². The van der Waals surface area contributed by atoms with Crippen LogP contribution in [-0.2, 0) is 6.54 Å². The average molecular weight is 313 g/mol. The molecule has 2 rings (SSSR count). The van der Waals surface area contributed by atoms with Gasteiger partial charge in [-0.3, -0.25) is 10.1 Å². The summed E-state index contributed by atoms with van der Waals surface area (Å²) in [6.45, 7) is 3.40. The molecular formula is C13H13F2N3O2S. The lowest BCUT2D eigenvalue weighted by atomic mass is 10.2. The first-order chi connectivity index (χ1) is 10.0. The first kappa shape index (κ1) is 15.5. The number of rotatable bonds is 6. The Balaban J connectivity index is 2.33. The molecule has 0 saturated carbocycles. The Labute approximate surface area is 123 Å². The molecule has 1 aromatic heterocycles. The molecule has 0 spiro atoms. The van der Waals surface area contributed by atoms with Gasteiger partial charge in [0.2, 0.25) is 5.82 Å². The fourth-order valence-corrected chi connectivity index (χ4v) is 2.69. The third-order valence-corrected chi connectivity index (χ3v) is 3.78. The van der Waals surface area contributed by atoms with Crippen LogP contribution in [0.4, 0.5) is 14.5 Å². The average Bonchev–Trinajstić information content (AvgIpc) is 2.87. The number of nitrogens with one attached hydrogen (secondary N) is 1. The van der Waals surface area contributed by atoms with Gasteiger partial charge in [-0.25, -0.2) is 9.37 Å². The monoisotopic (exact) mass is 313 g/mol. The van der Waals surface area contributed by atoms with Gasteiger partial charge in [-0.15, -0.1) is 11.3 Å². The lowest BCUT2D eigenvalue weighted by Crippen LogP contribution is -2.12. The van der Waals surface area contributed by atoms with E-state index in [1.807, 2.05) is 6.92 Å². The zero-order valence-electron chi connectivity index (χ0n) is 11.2. The van der Waals surface area contributed by atoms with Gasteiger partial charge in [0.15, 0.2) is 0 Å². The molecule has 0 radical (unpaired) electrons. The van der Waals surface area contributed by atoms with Crippen LogP contribution in [0.1, 0.15) is 18.2 Å². The Kier molecular flexibility index (Phi) is 4.92. The summed E-state index contributed by atoms with van der Waals surface area (Å²) in [5.41, 5.74) is -1.21. The van der Waals surface area contributed by atoms with Crippen LogP contribution in [0, 0.1) is 21.7 Å². The molecule has 0 amide bonds. The molecule has 8 heteroatoms. The van der Waals surface area contributed by atoms with Crippen molar-refractivity contribution in [3.8, 4) is 10.6 Å². The summed E-state index contributed by atoms with van der Waals surface area (Å²) in [7, 11) is 0. The Morgan fingerprint density at radius 2 is 2.19 bits per heavy atom. The predicted octanol–water partition coefficient (Wildman–Crippen LogP) is 3.50. The van der Waals surface area contributed by atoms with Crippen LogP contribution < -0.4 is 5.32 Å². The number of nitro benzene ring substituents is 1. The number of benzene rings is 1. The van der Waals surface area contributed by atoms with Crippen molar-refractivity contribution >= 4 is 17.0 Å². The normalized spacial score (nSPS) is 10.8. The maximum Gasteiger partial charge on any atom is 0.305 e. The van der Waals surface area contributed by atoms with E-state index in [1.54, 1.807) is 0 Å². The van der Waals surface area contributed by atoms with Crippen LogP contribution >= 0.6 is 11.3 Å². The third-order valence-electron chi connectivity index (χ3n) is 2.76. The van der Waals surface area contributed by atoms with Crippen molar-refractivity contribution < 1.29 is 13.7 Å². The van der Waals surface area contributed by atoms with Crippen molar-refractivity contribution in [2.45, 2.75) is 19.9 Å². The fraction of sp³-hybridized carbons (Fsp3) is 0.308. The first-order valence-corrected chi connectivity index (χ1v) is 7.14. The molecule has 0 bridgehead atoms. The van der Waals surface area contributed by atoms with E-state index in [0.717, 1.165) is 41.3 Å². The molecule has 1 heterocycles. The number of nitrogens with zero attached hydrogens (tertiary/aromatic N) is 2. The maximum atomic E-state index is 14.1. The summed E-state index contributed by atoms with van der Waals surface area (Å²) in [5, 5.41) is 14.0. The van der Waals surface area contributed by atoms with E-state index < -0.39 is 27.8 Å². The zero-order chi connectivity index (χ0) is 15.4. The topological polar surface area (TPSA) is 68.1 Å². The molecule has 1 aromatic carbocycles. The van der Waals surface area contributed by atoms with Crippen molar-refractivity contribution in [3.05, 3.63) is 45.0 Å². The van der Waals surface area contributed by atoms with Crippen molar-refractivity contribution in [2.24, 2.45) is 0 Å². The zero-order valence-corrected chi connectivity index (χ0v) is 12.0. The highest BCUT2D eigenvalue weighted by atomic mass is 32.1. The molecule has 0 aliphatic rings. The lowest BCUT2D eigenvalue weighted by Gasteiger charge is -2.02. The van der Waals surface area contributed by atoms with Gasteiger partial charge in [0, 0.05) is 23.7 Å². The molecule has 5 nitrogen and oxygen atoms in total. The number of nitro groups is 1. The molecule has 0 aliphatic carbocycles. The lowest BCUT2D eigenvalue weighted by molar-refractivity contribution is -0.387. The van der Waals surface area contributed by atoms with Crippen molar-refractivity contribution in [1.29, 1.82) is 0 Å². The van der Waals surface area contributed by atoms with Crippen LogP contribution in [0.5, 0.6) is 0 Å². The van der Waals surface area contributed by atoms with Crippen molar-refractivity contribution in [1.82, 2.24) is 10.3 Å². The molecule has 0 aliphatic heterocycles. The highest BCUT2D eigenvalue weighted by Crippen LogP contribution is 2.34. The van der Waals surface area contributed by atoms with Gasteiger partial charge in [-0.05, 0) is 19.0 Å². The van der Waals surface area contributed by atoms with E-state index in [1.165, 1.54) is 6.20 Å². The van der Waals surface area contributed by atoms with Crippen LogP contribution in [-0.4, -0.2) is 16.5 Å². The molecule has 1 N–H and O–H groups in total. The summed E-state index contributed by atoms with van der Waals surface area (Å²) in [5.74, 6) is -2.05.